The first-order valence-electron chi connectivity index (χ1n) is 12.2. The number of hydrogen-bond acceptors (Lipinski definition) is 3. The number of aromatic nitrogens is 1. The van der Waals surface area contributed by atoms with Crippen molar-refractivity contribution >= 4 is 32.5 Å². The number of carbonyl (C=O) groups excluding carboxylic acids is 1. The van der Waals surface area contributed by atoms with Crippen LogP contribution in [0.1, 0.15) is 81.8 Å². The number of rotatable bonds is 6. The molecule has 35 heavy (non-hydrogen) atoms. The minimum Gasteiger partial charge on any atom is -0.366 e. The zero-order chi connectivity index (χ0) is 25.5. The molecule has 0 bridgehead atoms. The van der Waals surface area contributed by atoms with Crippen molar-refractivity contribution in [3.63, 3.8) is 0 Å². The minimum absolute atomic E-state index is 0.170. The van der Waals surface area contributed by atoms with Crippen molar-refractivity contribution in [2.24, 2.45) is 5.73 Å². The van der Waals surface area contributed by atoms with E-state index in [9.17, 15) is 17.6 Å². The molecule has 4 rings (SSSR count). The molecule has 0 spiro atoms. The van der Waals surface area contributed by atoms with Crippen LogP contribution in [0.5, 0.6) is 0 Å². The molecule has 1 aliphatic carbocycles. The average molecular weight is 500 g/mol. The zero-order valence-corrected chi connectivity index (χ0v) is 21.6. The Morgan fingerprint density at radius 2 is 1.74 bits per heavy atom. The molecule has 0 radical (unpaired) electrons. The predicted molar refractivity (Wildman–Crippen MR) is 140 cm³/mol. The van der Waals surface area contributed by atoms with Crippen molar-refractivity contribution in [3.8, 4) is 11.3 Å². The Morgan fingerprint density at radius 3 is 2.29 bits per heavy atom. The molecule has 1 aromatic heterocycles. The number of halogens is 1. The van der Waals surface area contributed by atoms with Gasteiger partial charge in [0.2, 0.25) is 10.0 Å². The normalized spacial score (nSPS) is 15.5. The van der Waals surface area contributed by atoms with Gasteiger partial charge in [-0.15, -0.1) is 0 Å². The molecule has 0 atom stereocenters. The standard InChI is InChI=1S/C27H34FN3O3S/c1-5-17-15-23-21(16-22(17)28)24(26(29)32)25(31(23)20-9-7-6-8-10-20)18-11-13-19(14-12-18)30-35(33,34)27(2,3)4/h11-16,20,30H,5-10H2,1-4H3,(H2,29,32). The highest BCUT2D eigenvalue weighted by molar-refractivity contribution is 7.94. The Labute approximate surface area is 206 Å². The van der Waals surface area contributed by atoms with E-state index in [1.165, 1.54) is 12.5 Å². The second-order valence-corrected chi connectivity index (χ2v) is 12.8. The lowest BCUT2D eigenvalue weighted by Crippen LogP contribution is -2.33. The van der Waals surface area contributed by atoms with Crippen LogP contribution in [-0.4, -0.2) is 23.6 Å². The number of anilines is 1. The van der Waals surface area contributed by atoms with Gasteiger partial charge >= 0.3 is 0 Å². The van der Waals surface area contributed by atoms with Crippen LogP contribution in [0.3, 0.4) is 0 Å². The first kappa shape index (κ1) is 25.2. The lowest BCUT2D eigenvalue weighted by Gasteiger charge is -2.27. The molecule has 1 fully saturated rings. The number of sulfonamides is 1. The van der Waals surface area contributed by atoms with Gasteiger partial charge < -0.3 is 10.3 Å². The maximum absolute atomic E-state index is 14.8. The van der Waals surface area contributed by atoms with E-state index in [1.807, 2.05) is 13.0 Å². The summed E-state index contributed by atoms with van der Waals surface area (Å²) in [4.78, 5) is 12.7. The van der Waals surface area contributed by atoms with Crippen LogP contribution in [0.25, 0.3) is 22.2 Å². The van der Waals surface area contributed by atoms with E-state index >= 15 is 0 Å². The Hall–Kier alpha value is -2.87. The lowest BCUT2D eigenvalue weighted by molar-refractivity contribution is 0.100. The zero-order valence-electron chi connectivity index (χ0n) is 20.8. The van der Waals surface area contributed by atoms with E-state index in [4.69, 9.17) is 5.73 Å². The number of primary amides is 1. The van der Waals surface area contributed by atoms with Gasteiger partial charge in [-0.2, -0.15) is 0 Å². The number of aryl methyl sites for hydroxylation is 1. The smallest absolute Gasteiger partial charge is 0.251 e. The third-order valence-electron chi connectivity index (χ3n) is 6.96. The van der Waals surface area contributed by atoms with Crippen LogP contribution in [0.4, 0.5) is 10.1 Å². The number of nitrogens with zero attached hydrogens (tertiary/aromatic N) is 1. The summed E-state index contributed by atoms with van der Waals surface area (Å²) in [6.07, 6.45) is 5.83. The van der Waals surface area contributed by atoms with Crippen LogP contribution < -0.4 is 10.5 Å². The van der Waals surface area contributed by atoms with Crippen molar-refractivity contribution in [1.29, 1.82) is 0 Å². The number of hydrogen-bond donors (Lipinski definition) is 2. The Morgan fingerprint density at radius 1 is 1.11 bits per heavy atom. The molecule has 188 valence electrons. The number of carbonyl (C=O) groups is 1. The molecule has 0 unspecified atom stereocenters. The third-order valence-corrected chi connectivity index (χ3v) is 9.07. The van der Waals surface area contributed by atoms with Crippen LogP contribution in [0.15, 0.2) is 36.4 Å². The topological polar surface area (TPSA) is 94.2 Å². The second-order valence-electron chi connectivity index (χ2n) is 10.4. The Balaban J connectivity index is 1.92. The summed E-state index contributed by atoms with van der Waals surface area (Å²) in [5.74, 6) is -0.956. The minimum atomic E-state index is -3.58. The summed E-state index contributed by atoms with van der Waals surface area (Å²) in [6, 6.07) is 10.4. The molecule has 6 nitrogen and oxygen atoms in total. The molecule has 1 heterocycles. The van der Waals surface area contributed by atoms with Crippen LogP contribution in [0, 0.1) is 5.82 Å². The summed E-state index contributed by atoms with van der Waals surface area (Å²) in [5, 5.41) is 0.519. The van der Waals surface area contributed by atoms with Gasteiger partial charge in [0.05, 0.1) is 21.5 Å². The molecular formula is C27H34FN3O3S. The number of nitrogens with two attached hydrogens (primary N) is 1. The molecule has 3 N–H and O–H groups in total. The SMILES string of the molecule is CCc1cc2c(cc1F)c(C(N)=O)c(-c1ccc(NS(=O)(=O)C(C)(C)C)cc1)n2C1CCCCC1. The lowest BCUT2D eigenvalue weighted by atomic mass is 9.94. The van der Waals surface area contributed by atoms with Gasteiger partial charge in [0.15, 0.2) is 0 Å². The van der Waals surface area contributed by atoms with Gasteiger partial charge in [-0.05, 0) is 75.4 Å². The molecule has 1 saturated carbocycles. The van der Waals surface area contributed by atoms with Gasteiger partial charge in [0.25, 0.3) is 5.91 Å². The van der Waals surface area contributed by atoms with Gasteiger partial charge in [0.1, 0.15) is 5.82 Å². The molecule has 0 aliphatic heterocycles. The number of fused-ring (bicyclic) bond motifs is 1. The van der Waals surface area contributed by atoms with Crippen molar-refractivity contribution in [3.05, 3.63) is 53.3 Å². The Kier molecular flexibility index (Phi) is 6.70. The van der Waals surface area contributed by atoms with Gasteiger partial charge in [0, 0.05) is 17.1 Å². The molecule has 3 aromatic rings. The fourth-order valence-electron chi connectivity index (χ4n) is 4.90. The van der Waals surface area contributed by atoms with E-state index in [0.29, 0.717) is 34.3 Å². The fraction of sp³-hybridized carbons (Fsp3) is 0.444. The predicted octanol–water partition coefficient (Wildman–Crippen LogP) is 6.15. The van der Waals surface area contributed by atoms with E-state index in [0.717, 1.165) is 36.8 Å². The molecule has 0 saturated heterocycles. The quantitative estimate of drug-likeness (QED) is 0.426. The van der Waals surface area contributed by atoms with Crippen molar-refractivity contribution in [2.75, 3.05) is 4.72 Å². The molecular weight excluding hydrogens is 465 g/mol. The van der Waals surface area contributed by atoms with E-state index in [-0.39, 0.29) is 11.9 Å². The molecule has 2 aromatic carbocycles. The van der Waals surface area contributed by atoms with E-state index < -0.39 is 20.7 Å². The van der Waals surface area contributed by atoms with E-state index in [2.05, 4.69) is 9.29 Å². The maximum Gasteiger partial charge on any atom is 0.251 e. The largest absolute Gasteiger partial charge is 0.366 e. The Bertz CT molecular complexity index is 1360. The van der Waals surface area contributed by atoms with Crippen molar-refractivity contribution in [2.45, 2.75) is 77.0 Å². The highest BCUT2D eigenvalue weighted by Crippen LogP contribution is 2.41. The van der Waals surface area contributed by atoms with Gasteiger partial charge in [-0.25, -0.2) is 12.8 Å². The maximum atomic E-state index is 14.8. The summed E-state index contributed by atoms with van der Waals surface area (Å²) in [7, 11) is -3.58. The van der Waals surface area contributed by atoms with Gasteiger partial charge in [-0.1, -0.05) is 38.3 Å². The van der Waals surface area contributed by atoms with Crippen molar-refractivity contribution < 1.29 is 17.6 Å². The van der Waals surface area contributed by atoms with Crippen molar-refractivity contribution in [1.82, 2.24) is 4.57 Å². The van der Waals surface area contributed by atoms with Crippen LogP contribution >= 0.6 is 0 Å². The highest BCUT2D eigenvalue weighted by Gasteiger charge is 2.30. The summed E-state index contributed by atoms with van der Waals surface area (Å²) < 4.78 is 43.8. The van der Waals surface area contributed by atoms with Gasteiger partial charge in [-0.3, -0.25) is 9.52 Å². The molecule has 8 heteroatoms. The first-order chi connectivity index (χ1) is 16.4. The molecule has 1 aliphatic rings. The number of nitrogens with one attached hydrogen (secondary N) is 1. The number of amides is 1. The fourth-order valence-corrected chi connectivity index (χ4v) is 5.65. The van der Waals surface area contributed by atoms with Crippen LogP contribution in [-0.2, 0) is 16.4 Å². The number of benzene rings is 2. The summed E-state index contributed by atoms with van der Waals surface area (Å²) in [5.41, 5.74) is 9.42. The molecule has 1 amide bonds. The third kappa shape index (κ3) is 4.68. The van der Waals surface area contributed by atoms with Crippen LogP contribution in [0.2, 0.25) is 0 Å². The summed E-state index contributed by atoms with van der Waals surface area (Å²) in [6.45, 7) is 6.81. The highest BCUT2D eigenvalue weighted by atomic mass is 32.2. The average Bonchev–Trinajstić information content (AvgIpc) is 3.12. The first-order valence-corrected chi connectivity index (χ1v) is 13.7. The second kappa shape index (κ2) is 9.30. The monoisotopic (exact) mass is 499 g/mol. The summed E-state index contributed by atoms with van der Waals surface area (Å²) >= 11 is 0. The van der Waals surface area contributed by atoms with E-state index in [1.54, 1.807) is 45.0 Å².